The smallest absolute Gasteiger partial charge is 0.225 e. The van der Waals surface area contributed by atoms with Gasteiger partial charge in [-0.1, -0.05) is 23.2 Å². The summed E-state index contributed by atoms with van der Waals surface area (Å²) in [6.07, 6.45) is 3.94. The van der Waals surface area contributed by atoms with Gasteiger partial charge in [-0.05, 0) is 24.3 Å². The Bertz CT molecular complexity index is 720. The van der Waals surface area contributed by atoms with Crippen LogP contribution in [0.3, 0.4) is 0 Å². The minimum absolute atomic E-state index is 0.0350. The third-order valence-electron chi connectivity index (χ3n) is 4.07. The van der Waals surface area contributed by atoms with Crippen molar-refractivity contribution in [2.75, 3.05) is 42.9 Å². The highest BCUT2D eigenvalue weighted by atomic mass is 35.5. The van der Waals surface area contributed by atoms with Crippen molar-refractivity contribution in [1.29, 1.82) is 0 Å². The van der Waals surface area contributed by atoms with E-state index in [1.807, 2.05) is 6.07 Å². The summed E-state index contributed by atoms with van der Waals surface area (Å²) in [6.45, 7) is 4.21. The van der Waals surface area contributed by atoms with E-state index in [9.17, 15) is 4.79 Å². The number of hydrogen-bond acceptors (Lipinski definition) is 5. The quantitative estimate of drug-likeness (QED) is 0.864. The molecule has 1 N–H and O–H groups in total. The van der Waals surface area contributed by atoms with Crippen molar-refractivity contribution in [3.63, 3.8) is 0 Å². The highest BCUT2D eigenvalue weighted by Crippen LogP contribution is 2.25. The van der Waals surface area contributed by atoms with E-state index in [0.29, 0.717) is 22.2 Å². The number of aromatic nitrogens is 2. The summed E-state index contributed by atoms with van der Waals surface area (Å²) in [5.74, 6) is 0.728. The van der Waals surface area contributed by atoms with Gasteiger partial charge < -0.3 is 10.2 Å². The zero-order valence-corrected chi connectivity index (χ0v) is 15.2. The molecule has 1 amide bonds. The summed E-state index contributed by atoms with van der Waals surface area (Å²) < 4.78 is 0. The van der Waals surface area contributed by atoms with Crippen molar-refractivity contribution in [2.45, 2.75) is 6.42 Å². The van der Waals surface area contributed by atoms with Gasteiger partial charge in [-0.15, -0.1) is 0 Å². The van der Waals surface area contributed by atoms with Crippen molar-refractivity contribution in [2.24, 2.45) is 0 Å². The molecule has 1 saturated heterocycles. The van der Waals surface area contributed by atoms with Crippen LogP contribution in [0.25, 0.3) is 0 Å². The lowest BCUT2D eigenvalue weighted by atomic mass is 10.2. The molecule has 0 saturated carbocycles. The molecule has 8 heteroatoms. The number of nitrogens with zero attached hydrogens (tertiary/aromatic N) is 4. The molecule has 0 spiro atoms. The molecule has 0 atom stereocenters. The molecule has 132 valence electrons. The molecular weight excluding hydrogens is 361 g/mol. The lowest BCUT2D eigenvalue weighted by Gasteiger charge is -2.34. The monoisotopic (exact) mass is 379 g/mol. The van der Waals surface area contributed by atoms with Crippen LogP contribution in [0.1, 0.15) is 6.42 Å². The van der Waals surface area contributed by atoms with E-state index in [2.05, 4.69) is 25.1 Å². The minimum atomic E-state index is -0.0350. The summed E-state index contributed by atoms with van der Waals surface area (Å²) in [5, 5.41) is 3.75. The molecule has 1 aromatic heterocycles. The fourth-order valence-electron chi connectivity index (χ4n) is 2.68. The van der Waals surface area contributed by atoms with Gasteiger partial charge in [0.05, 0.1) is 10.0 Å². The Kier molecular flexibility index (Phi) is 6.07. The molecule has 1 aliphatic heterocycles. The summed E-state index contributed by atoms with van der Waals surface area (Å²) in [5.41, 5.74) is 0.658. The maximum Gasteiger partial charge on any atom is 0.225 e. The molecule has 1 aliphatic rings. The fraction of sp³-hybridized carbons (Fsp3) is 0.353. The van der Waals surface area contributed by atoms with Crippen LogP contribution in [0, 0.1) is 0 Å². The number of anilines is 2. The molecule has 2 aromatic rings. The number of carbonyl (C=O) groups is 1. The topological polar surface area (TPSA) is 61.4 Å². The normalized spacial score (nSPS) is 15.2. The third kappa shape index (κ3) is 5.04. The lowest BCUT2D eigenvalue weighted by molar-refractivity contribution is -0.116. The van der Waals surface area contributed by atoms with Gasteiger partial charge >= 0.3 is 0 Å². The molecule has 0 radical (unpaired) electrons. The first-order valence-electron chi connectivity index (χ1n) is 8.11. The van der Waals surface area contributed by atoms with Gasteiger partial charge in [0, 0.05) is 57.2 Å². The van der Waals surface area contributed by atoms with Crippen molar-refractivity contribution >= 4 is 40.7 Å². The first-order chi connectivity index (χ1) is 12.1. The van der Waals surface area contributed by atoms with Gasteiger partial charge in [0.1, 0.15) is 0 Å². The van der Waals surface area contributed by atoms with E-state index in [0.717, 1.165) is 38.7 Å². The standard InChI is InChI=1S/C17H19Cl2N5O/c18-14-3-2-13(12-15(14)19)22-16(25)4-7-23-8-10-24(11-9-23)17-20-5-1-6-21-17/h1-3,5-6,12H,4,7-11H2,(H,22,25). The summed E-state index contributed by atoms with van der Waals surface area (Å²) in [4.78, 5) is 25.1. The van der Waals surface area contributed by atoms with Crippen molar-refractivity contribution in [3.05, 3.63) is 46.7 Å². The molecule has 2 heterocycles. The van der Waals surface area contributed by atoms with Crippen LogP contribution in [0.5, 0.6) is 0 Å². The second-order valence-electron chi connectivity index (χ2n) is 5.80. The van der Waals surface area contributed by atoms with Gasteiger partial charge in [-0.3, -0.25) is 9.69 Å². The van der Waals surface area contributed by atoms with Gasteiger partial charge in [0.2, 0.25) is 11.9 Å². The number of carbonyl (C=O) groups excluding carboxylic acids is 1. The average Bonchev–Trinajstić information content (AvgIpc) is 2.64. The number of nitrogens with one attached hydrogen (secondary N) is 1. The largest absolute Gasteiger partial charge is 0.338 e. The second kappa shape index (κ2) is 8.47. The number of amides is 1. The lowest BCUT2D eigenvalue weighted by Crippen LogP contribution is -2.47. The maximum absolute atomic E-state index is 12.1. The molecule has 3 rings (SSSR count). The molecule has 1 aromatic carbocycles. The number of halogens is 2. The van der Waals surface area contributed by atoms with Gasteiger partial charge in [0.25, 0.3) is 0 Å². The van der Waals surface area contributed by atoms with E-state index in [1.54, 1.807) is 30.6 Å². The van der Waals surface area contributed by atoms with E-state index in [4.69, 9.17) is 23.2 Å². The van der Waals surface area contributed by atoms with E-state index in [-0.39, 0.29) is 5.91 Å². The Labute approximate surface area is 156 Å². The summed E-state index contributed by atoms with van der Waals surface area (Å²) >= 11 is 11.8. The Morgan fingerprint density at radius 1 is 1.08 bits per heavy atom. The van der Waals surface area contributed by atoms with E-state index >= 15 is 0 Å². The SMILES string of the molecule is O=C(CCN1CCN(c2ncccn2)CC1)Nc1ccc(Cl)c(Cl)c1. The molecule has 0 unspecified atom stereocenters. The number of rotatable bonds is 5. The summed E-state index contributed by atoms with van der Waals surface area (Å²) in [6, 6.07) is 6.88. The second-order valence-corrected chi connectivity index (χ2v) is 6.62. The zero-order chi connectivity index (χ0) is 17.6. The highest BCUT2D eigenvalue weighted by molar-refractivity contribution is 6.42. The van der Waals surface area contributed by atoms with Crippen molar-refractivity contribution < 1.29 is 4.79 Å². The van der Waals surface area contributed by atoms with Crippen molar-refractivity contribution in [1.82, 2.24) is 14.9 Å². The predicted octanol–water partition coefficient (Wildman–Crippen LogP) is 2.93. The first-order valence-corrected chi connectivity index (χ1v) is 8.86. The number of hydrogen-bond donors (Lipinski definition) is 1. The van der Waals surface area contributed by atoms with Crippen LogP contribution in [-0.2, 0) is 4.79 Å². The van der Waals surface area contributed by atoms with Crippen LogP contribution >= 0.6 is 23.2 Å². The van der Waals surface area contributed by atoms with E-state index < -0.39 is 0 Å². The van der Waals surface area contributed by atoms with Crippen LogP contribution in [-0.4, -0.2) is 53.5 Å². The van der Waals surface area contributed by atoms with Crippen molar-refractivity contribution in [3.8, 4) is 0 Å². The Hall–Kier alpha value is -1.89. The fourth-order valence-corrected chi connectivity index (χ4v) is 2.98. The molecule has 1 fully saturated rings. The molecular formula is C17H19Cl2N5O. The summed E-state index contributed by atoms with van der Waals surface area (Å²) in [7, 11) is 0. The van der Waals surface area contributed by atoms with Crippen LogP contribution in [0.15, 0.2) is 36.7 Å². The molecule has 0 aliphatic carbocycles. The first kappa shape index (κ1) is 17.9. The maximum atomic E-state index is 12.1. The van der Waals surface area contributed by atoms with Crippen LogP contribution in [0.4, 0.5) is 11.6 Å². The zero-order valence-electron chi connectivity index (χ0n) is 13.7. The van der Waals surface area contributed by atoms with Gasteiger partial charge in [-0.2, -0.15) is 0 Å². The average molecular weight is 380 g/mol. The van der Waals surface area contributed by atoms with Gasteiger partial charge in [-0.25, -0.2) is 9.97 Å². The Morgan fingerprint density at radius 3 is 2.48 bits per heavy atom. The van der Waals surface area contributed by atoms with E-state index in [1.165, 1.54) is 0 Å². The predicted molar refractivity (Wildman–Crippen MR) is 100 cm³/mol. The van der Waals surface area contributed by atoms with Crippen LogP contribution < -0.4 is 10.2 Å². The highest BCUT2D eigenvalue weighted by Gasteiger charge is 2.19. The molecule has 25 heavy (non-hydrogen) atoms. The third-order valence-corrected chi connectivity index (χ3v) is 4.80. The number of piperazine rings is 1. The molecule has 0 bridgehead atoms. The number of benzene rings is 1. The minimum Gasteiger partial charge on any atom is -0.338 e. The molecule has 6 nitrogen and oxygen atoms in total. The Balaban J connectivity index is 1.42. The van der Waals surface area contributed by atoms with Gasteiger partial charge in [0.15, 0.2) is 0 Å². The Morgan fingerprint density at radius 2 is 1.80 bits per heavy atom. The van der Waals surface area contributed by atoms with Crippen LogP contribution in [0.2, 0.25) is 10.0 Å².